The molecule has 2 heteroatoms. The molecule has 15 heavy (non-hydrogen) atoms. The molecule has 0 aromatic carbocycles. The summed E-state index contributed by atoms with van der Waals surface area (Å²) in [5.74, 6) is 0.416. The number of carbonyl (C=O) groups is 1. The highest BCUT2D eigenvalue weighted by atomic mass is 16.1. The van der Waals surface area contributed by atoms with E-state index in [1.807, 2.05) is 0 Å². The fraction of sp³-hybridized carbons (Fsp3) is 0.769. The molecule has 1 aliphatic carbocycles. The van der Waals surface area contributed by atoms with E-state index in [1.165, 1.54) is 32.2 Å². The standard InChI is InChI=1S/C13H21NO/c1-14-9-5-4-7-12(14)10-11-6-2-3-8-13(11)15/h10,12H,2-9H2,1H3/p+1/b11-10-. The van der Waals surface area contributed by atoms with Gasteiger partial charge in [-0.05, 0) is 43.8 Å². The van der Waals surface area contributed by atoms with Crippen molar-refractivity contribution >= 4 is 5.78 Å². The van der Waals surface area contributed by atoms with E-state index < -0.39 is 0 Å². The molecule has 2 atom stereocenters. The van der Waals surface area contributed by atoms with Crippen LogP contribution >= 0.6 is 0 Å². The van der Waals surface area contributed by atoms with Crippen LogP contribution in [-0.2, 0) is 4.79 Å². The first-order chi connectivity index (χ1) is 7.27. The molecule has 0 amide bonds. The van der Waals surface area contributed by atoms with E-state index in [0.29, 0.717) is 11.8 Å². The second-order valence-electron chi connectivity index (χ2n) is 5.02. The van der Waals surface area contributed by atoms with Crippen LogP contribution in [0.25, 0.3) is 0 Å². The Balaban J connectivity index is 2.03. The lowest BCUT2D eigenvalue weighted by atomic mass is 9.90. The van der Waals surface area contributed by atoms with Crippen LogP contribution in [0.3, 0.4) is 0 Å². The molecule has 1 saturated carbocycles. The van der Waals surface area contributed by atoms with Crippen molar-refractivity contribution in [2.75, 3.05) is 13.6 Å². The molecular weight excluding hydrogens is 186 g/mol. The van der Waals surface area contributed by atoms with Crippen molar-refractivity contribution in [1.82, 2.24) is 0 Å². The zero-order chi connectivity index (χ0) is 10.7. The van der Waals surface area contributed by atoms with Gasteiger partial charge in [0.2, 0.25) is 0 Å². The van der Waals surface area contributed by atoms with Gasteiger partial charge in [-0.1, -0.05) is 0 Å². The second-order valence-corrected chi connectivity index (χ2v) is 5.02. The monoisotopic (exact) mass is 208 g/mol. The van der Waals surface area contributed by atoms with Crippen LogP contribution in [0.4, 0.5) is 0 Å². The van der Waals surface area contributed by atoms with Crippen molar-refractivity contribution in [1.29, 1.82) is 0 Å². The van der Waals surface area contributed by atoms with Gasteiger partial charge in [-0.25, -0.2) is 0 Å². The Morgan fingerprint density at radius 3 is 2.73 bits per heavy atom. The van der Waals surface area contributed by atoms with Crippen molar-refractivity contribution < 1.29 is 9.69 Å². The summed E-state index contributed by atoms with van der Waals surface area (Å²) in [7, 11) is 2.26. The summed E-state index contributed by atoms with van der Waals surface area (Å²) in [6.07, 6.45) is 10.4. The van der Waals surface area contributed by atoms with E-state index in [1.54, 1.807) is 4.90 Å². The predicted octanol–water partition coefficient (Wildman–Crippen LogP) is 1.12. The number of ketones is 1. The highest BCUT2D eigenvalue weighted by molar-refractivity contribution is 5.95. The molecular formula is C13H22NO+. The van der Waals surface area contributed by atoms with Gasteiger partial charge in [-0.2, -0.15) is 0 Å². The smallest absolute Gasteiger partial charge is 0.158 e. The number of likely N-dealkylation sites (tertiary alicyclic amines) is 1. The predicted molar refractivity (Wildman–Crippen MR) is 61.0 cm³/mol. The van der Waals surface area contributed by atoms with Crippen LogP contribution in [0.5, 0.6) is 0 Å². The summed E-state index contributed by atoms with van der Waals surface area (Å²) in [5.41, 5.74) is 1.13. The molecule has 1 heterocycles. The maximum Gasteiger partial charge on any atom is 0.158 e. The number of nitrogens with one attached hydrogen (secondary N) is 1. The number of piperidine rings is 1. The number of likely N-dealkylation sites (N-methyl/N-ethyl adjacent to an activating group) is 1. The minimum Gasteiger partial charge on any atom is -0.332 e. The number of hydrogen-bond donors (Lipinski definition) is 1. The molecule has 0 bridgehead atoms. The molecule has 0 aromatic heterocycles. The fourth-order valence-corrected chi connectivity index (χ4v) is 2.75. The molecule has 84 valence electrons. The van der Waals surface area contributed by atoms with Gasteiger partial charge in [-0.15, -0.1) is 0 Å². The SMILES string of the molecule is C[NH+]1CCCCC1/C=C1/CCCCC1=O. The van der Waals surface area contributed by atoms with E-state index in [9.17, 15) is 4.79 Å². The van der Waals surface area contributed by atoms with Gasteiger partial charge in [-0.3, -0.25) is 4.79 Å². The first-order valence-electron chi connectivity index (χ1n) is 6.33. The summed E-state index contributed by atoms with van der Waals surface area (Å²) in [5, 5.41) is 0. The molecule has 2 aliphatic rings. The minimum atomic E-state index is 0.416. The average molecular weight is 208 g/mol. The second kappa shape index (κ2) is 4.93. The topological polar surface area (TPSA) is 21.5 Å². The fourth-order valence-electron chi connectivity index (χ4n) is 2.75. The van der Waals surface area contributed by atoms with Crippen molar-refractivity contribution in [3.8, 4) is 0 Å². The Kier molecular flexibility index (Phi) is 3.57. The van der Waals surface area contributed by atoms with Gasteiger partial charge < -0.3 is 4.90 Å². The zero-order valence-corrected chi connectivity index (χ0v) is 9.72. The van der Waals surface area contributed by atoms with Crippen LogP contribution in [0.2, 0.25) is 0 Å². The maximum absolute atomic E-state index is 11.7. The first-order valence-corrected chi connectivity index (χ1v) is 6.33. The zero-order valence-electron chi connectivity index (χ0n) is 9.72. The highest BCUT2D eigenvalue weighted by Crippen LogP contribution is 2.20. The molecule has 2 unspecified atom stereocenters. The van der Waals surface area contributed by atoms with Crippen LogP contribution < -0.4 is 4.90 Å². The summed E-state index contributed by atoms with van der Waals surface area (Å²) in [6, 6.07) is 0.607. The van der Waals surface area contributed by atoms with Gasteiger partial charge >= 0.3 is 0 Å². The van der Waals surface area contributed by atoms with E-state index in [0.717, 1.165) is 24.8 Å². The van der Waals surface area contributed by atoms with Gasteiger partial charge in [0.25, 0.3) is 0 Å². The molecule has 1 N–H and O–H groups in total. The lowest BCUT2D eigenvalue weighted by Gasteiger charge is -2.28. The van der Waals surface area contributed by atoms with Crippen LogP contribution in [0.15, 0.2) is 11.6 Å². The van der Waals surface area contributed by atoms with Gasteiger partial charge in [0.15, 0.2) is 5.78 Å². The van der Waals surface area contributed by atoms with Gasteiger partial charge in [0.1, 0.15) is 6.04 Å². The number of carbonyl (C=O) groups excluding carboxylic acids is 1. The molecule has 2 nitrogen and oxygen atoms in total. The average Bonchev–Trinajstić information content (AvgIpc) is 2.24. The Bertz CT molecular complexity index is 270. The lowest BCUT2D eigenvalue weighted by Crippen LogP contribution is -3.13. The number of hydrogen-bond acceptors (Lipinski definition) is 1. The molecule has 0 radical (unpaired) electrons. The Morgan fingerprint density at radius 1 is 1.20 bits per heavy atom. The summed E-state index contributed by atoms with van der Waals surface area (Å²) < 4.78 is 0. The quantitative estimate of drug-likeness (QED) is 0.641. The third-order valence-corrected chi connectivity index (χ3v) is 3.83. The third kappa shape index (κ3) is 2.69. The van der Waals surface area contributed by atoms with Gasteiger partial charge in [0.05, 0.1) is 13.6 Å². The largest absolute Gasteiger partial charge is 0.332 e. The van der Waals surface area contributed by atoms with Crippen LogP contribution in [-0.4, -0.2) is 25.4 Å². The van der Waals surface area contributed by atoms with Crippen LogP contribution in [0, 0.1) is 0 Å². The number of quaternary nitrogens is 1. The van der Waals surface area contributed by atoms with Gasteiger partial charge in [0, 0.05) is 12.8 Å². The highest BCUT2D eigenvalue weighted by Gasteiger charge is 2.23. The molecule has 2 fully saturated rings. The Labute approximate surface area is 92.3 Å². The Hall–Kier alpha value is -0.630. The van der Waals surface area contributed by atoms with Crippen molar-refractivity contribution in [2.45, 2.75) is 51.0 Å². The van der Waals surface area contributed by atoms with Crippen molar-refractivity contribution in [3.63, 3.8) is 0 Å². The molecule has 0 spiro atoms. The van der Waals surface area contributed by atoms with E-state index in [-0.39, 0.29) is 0 Å². The van der Waals surface area contributed by atoms with E-state index in [2.05, 4.69) is 13.1 Å². The lowest BCUT2D eigenvalue weighted by molar-refractivity contribution is -0.904. The van der Waals surface area contributed by atoms with Crippen molar-refractivity contribution in [2.24, 2.45) is 0 Å². The third-order valence-electron chi connectivity index (χ3n) is 3.83. The minimum absolute atomic E-state index is 0.416. The van der Waals surface area contributed by atoms with E-state index >= 15 is 0 Å². The van der Waals surface area contributed by atoms with Crippen LogP contribution in [0.1, 0.15) is 44.9 Å². The molecule has 1 saturated heterocycles. The Morgan fingerprint density at radius 2 is 2.00 bits per heavy atom. The number of allylic oxidation sites excluding steroid dienone is 1. The van der Waals surface area contributed by atoms with Crippen molar-refractivity contribution in [3.05, 3.63) is 11.6 Å². The molecule has 1 aliphatic heterocycles. The maximum atomic E-state index is 11.7. The number of Topliss-reactive ketones (excluding diaryl/α,β-unsaturated/α-hetero) is 1. The number of rotatable bonds is 1. The molecule has 2 rings (SSSR count). The molecule has 0 aromatic rings. The summed E-state index contributed by atoms with van der Waals surface area (Å²) in [4.78, 5) is 13.3. The van der Waals surface area contributed by atoms with E-state index in [4.69, 9.17) is 0 Å². The normalized spacial score (nSPS) is 35.8. The summed E-state index contributed by atoms with van der Waals surface area (Å²) in [6.45, 7) is 1.27. The summed E-state index contributed by atoms with van der Waals surface area (Å²) >= 11 is 0. The first kappa shape index (κ1) is 10.9.